The molecule has 0 bridgehead atoms. The van der Waals surface area contributed by atoms with E-state index in [0.717, 1.165) is 28.6 Å². The van der Waals surface area contributed by atoms with Crippen molar-refractivity contribution in [2.24, 2.45) is 5.92 Å². The lowest BCUT2D eigenvalue weighted by molar-refractivity contribution is 0.129. The normalized spacial score (nSPS) is 32.1. The van der Waals surface area contributed by atoms with Gasteiger partial charge in [0.15, 0.2) is 0 Å². The summed E-state index contributed by atoms with van der Waals surface area (Å²) in [5, 5.41) is 12.2. The van der Waals surface area contributed by atoms with Gasteiger partial charge in [-0.05, 0) is 51.7 Å². The van der Waals surface area contributed by atoms with Gasteiger partial charge in [-0.1, -0.05) is 13.3 Å². The molecule has 0 amide bonds. The maximum Gasteiger partial charge on any atom is 0.0938 e. The van der Waals surface area contributed by atoms with Crippen LogP contribution in [-0.2, 0) is 5.60 Å². The van der Waals surface area contributed by atoms with Crippen molar-refractivity contribution in [3.05, 3.63) is 20.8 Å². The lowest BCUT2D eigenvalue weighted by Crippen LogP contribution is -2.06. The van der Waals surface area contributed by atoms with Crippen LogP contribution in [0, 0.1) is 5.92 Å². The van der Waals surface area contributed by atoms with Gasteiger partial charge < -0.3 is 5.11 Å². The first-order valence-corrected chi connectivity index (χ1v) is 6.31. The summed E-state index contributed by atoms with van der Waals surface area (Å²) < 4.78 is 1.11. The minimum atomic E-state index is -0.488. The molecule has 2 atom stereocenters. The molecule has 72 valence electrons. The number of hydrogen-bond donors (Lipinski definition) is 1. The van der Waals surface area contributed by atoms with Crippen molar-refractivity contribution < 1.29 is 5.11 Å². The van der Waals surface area contributed by atoms with Crippen LogP contribution < -0.4 is 0 Å². The minimum absolute atomic E-state index is 0.488. The van der Waals surface area contributed by atoms with Gasteiger partial charge in [0, 0.05) is 0 Å². The first-order valence-electron chi connectivity index (χ1n) is 4.63. The average Bonchev–Trinajstić information content (AvgIpc) is 2.57. The Morgan fingerprint density at radius 2 is 2.54 bits per heavy atom. The van der Waals surface area contributed by atoms with E-state index < -0.39 is 5.60 Å². The van der Waals surface area contributed by atoms with Gasteiger partial charge in [0.05, 0.1) is 9.39 Å². The largest absolute Gasteiger partial charge is 0.385 e. The van der Waals surface area contributed by atoms with Crippen LogP contribution in [-0.4, -0.2) is 5.11 Å². The molecule has 2 rings (SSSR count). The second-order valence-corrected chi connectivity index (χ2v) is 6.04. The predicted molar refractivity (Wildman–Crippen MR) is 58.9 cm³/mol. The summed E-state index contributed by atoms with van der Waals surface area (Å²) in [6.07, 6.45) is 3.26. The van der Waals surface area contributed by atoms with Crippen molar-refractivity contribution in [3.8, 4) is 0 Å². The van der Waals surface area contributed by atoms with Crippen molar-refractivity contribution in [2.45, 2.75) is 31.8 Å². The highest BCUT2D eigenvalue weighted by molar-refractivity contribution is 9.11. The van der Waals surface area contributed by atoms with Crippen molar-refractivity contribution in [1.82, 2.24) is 0 Å². The van der Waals surface area contributed by atoms with Gasteiger partial charge in [0.25, 0.3) is 0 Å². The first-order chi connectivity index (χ1) is 6.16. The monoisotopic (exact) mass is 260 g/mol. The van der Waals surface area contributed by atoms with Crippen molar-refractivity contribution in [3.63, 3.8) is 0 Å². The van der Waals surface area contributed by atoms with Gasteiger partial charge >= 0.3 is 0 Å². The molecule has 1 nitrogen and oxygen atoms in total. The Labute approximate surface area is 90.9 Å². The van der Waals surface area contributed by atoms with E-state index in [4.69, 9.17) is 0 Å². The Kier molecular flexibility index (Phi) is 2.51. The molecule has 1 saturated carbocycles. The van der Waals surface area contributed by atoms with Crippen molar-refractivity contribution in [2.75, 3.05) is 0 Å². The molecule has 1 aliphatic rings. The topological polar surface area (TPSA) is 20.2 Å². The molecule has 0 spiro atoms. The van der Waals surface area contributed by atoms with E-state index in [1.807, 2.05) is 6.07 Å². The summed E-state index contributed by atoms with van der Waals surface area (Å²) in [7, 11) is 0. The van der Waals surface area contributed by atoms with E-state index in [1.54, 1.807) is 11.3 Å². The Bertz CT molecular complexity index is 310. The molecule has 0 aliphatic heterocycles. The predicted octanol–water partition coefficient (Wildman–Crippen LogP) is 3.52. The van der Waals surface area contributed by atoms with Crippen LogP contribution in [0.4, 0.5) is 0 Å². The second-order valence-electron chi connectivity index (χ2n) is 3.75. The standard InChI is InChI=1S/C10H13BrOS/c1-2-3-7-5-10(7,12)8-4-9(11)13-6-8/h4,6-7,12H,2-3,5H2,1H3. The summed E-state index contributed by atoms with van der Waals surface area (Å²) in [4.78, 5) is 0. The molecule has 1 aromatic rings. The Morgan fingerprint density at radius 3 is 3.08 bits per heavy atom. The number of rotatable bonds is 3. The number of hydrogen-bond acceptors (Lipinski definition) is 2. The molecule has 1 heterocycles. The maximum atomic E-state index is 10.2. The van der Waals surface area contributed by atoms with Gasteiger partial charge in [-0.3, -0.25) is 0 Å². The van der Waals surface area contributed by atoms with E-state index in [9.17, 15) is 5.11 Å². The van der Waals surface area contributed by atoms with E-state index in [2.05, 4.69) is 28.2 Å². The fourth-order valence-corrected chi connectivity index (χ4v) is 3.13. The first kappa shape index (κ1) is 9.69. The summed E-state index contributed by atoms with van der Waals surface area (Å²) in [6, 6.07) is 2.04. The van der Waals surface area contributed by atoms with Gasteiger partial charge in [0.2, 0.25) is 0 Å². The van der Waals surface area contributed by atoms with Gasteiger partial charge in [-0.2, -0.15) is 0 Å². The summed E-state index contributed by atoms with van der Waals surface area (Å²) in [5.41, 5.74) is 0.612. The zero-order valence-electron chi connectivity index (χ0n) is 7.59. The summed E-state index contributed by atoms with van der Waals surface area (Å²) >= 11 is 5.07. The van der Waals surface area contributed by atoms with Crippen LogP contribution in [0.1, 0.15) is 31.7 Å². The highest BCUT2D eigenvalue weighted by Gasteiger charge is 2.53. The molecule has 3 heteroatoms. The molecule has 1 aromatic heterocycles. The Morgan fingerprint density at radius 1 is 1.77 bits per heavy atom. The quantitative estimate of drug-likeness (QED) is 0.882. The SMILES string of the molecule is CCCC1CC1(O)c1csc(Br)c1. The van der Waals surface area contributed by atoms with Gasteiger partial charge in [-0.15, -0.1) is 11.3 Å². The third kappa shape index (κ3) is 1.69. The zero-order chi connectivity index (χ0) is 9.47. The van der Waals surface area contributed by atoms with Crippen molar-refractivity contribution in [1.29, 1.82) is 0 Å². The fourth-order valence-electron chi connectivity index (χ4n) is 1.90. The maximum absolute atomic E-state index is 10.2. The molecular formula is C10H13BrOS. The lowest BCUT2D eigenvalue weighted by atomic mass is 10.1. The summed E-state index contributed by atoms with van der Waals surface area (Å²) in [5.74, 6) is 0.499. The van der Waals surface area contributed by atoms with Crippen LogP contribution in [0.3, 0.4) is 0 Å². The highest BCUT2D eigenvalue weighted by atomic mass is 79.9. The highest BCUT2D eigenvalue weighted by Crippen LogP contribution is 2.55. The molecule has 2 unspecified atom stereocenters. The molecule has 1 N–H and O–H groups in total. The molecule has 1 aliphatic carbocycles. The average molecular weight is 261 g/mol. The van der Waals surface area contributed by atoms with E-state index in [1.165, 1.54) is 0 Å². The van der Waals surface area contributed by atoms with Crippen molar-refractivity contribution >= 4 is 27.3 Å². The minimum Gasteiger partial charge on any atom is -0.385 e. The molecule has 13 heavy (non-hydrogen) atoms. The third-order valence-electron chi connectivity index (χ3n) is 2.78. The fraction of sp³-hybridized carbons (Fsp3) is 0.600. The number of thiophene rings is 1. The Balaban J connectivity index is 2.11. The number of aliphatic hydroxyl groups is 1. The second kappa shape index (κ2) is 3.37. The molecule has 0 aromatic carbocycles. The van der Waals surface area contributed by atoms with Gasteiger partial charge in [0.1, 0.15) is 0 Å². The van der Waals surface area contributed by atoms with Crippen LogP contribution in [0.15, 0.2) is 15.2 Å². The van der Waals surface area contributed by atoms with Crippen LogP contribution in [0.2, 0.25) is 0 Å². The Hall–Kier alpha value is 0.140. The van der Waals surface area contributed by atoms with E-state index in [0.29, 0.717) is 5.92 Å². The molecule has 1 fully saturated rings. The summed E-state index contributed by atoms with van der Waals surface area (Å²) in [6.45, 7) is 2.17. The molecular weight excluding hydrogens is 248 g/mol. The third-order valence-corrected chi connectivity index (χ3v) is 4.28. The number of halogens is 1. The molecule has 0 radical (unpaired) electrons. The van der Waals surface area contributed by atoms with Gasteiger partial charge in [-0.25, -0.2) is 0 Å². The smallest absolute Gasteiger partial charge is 0.0938 e. The molecule has 0 saturated heterocycles. The zero-order valence-corrected chi connectivity index (χ0v) is 9.99. The van der Waals surface area contributed by atoms with E-state index >= 15 is 0 Å². The van der Waals surface area contributed by atoms with Crippen LogP contribution >= 0.6 is 27.3 Å². The van der Waals surface area contributed by atoms with E-state index in [-0.39, 0.29) is 0 Å². The van der Waals surface area contributed by atoms with Crippen LogP contribution in [0.25, 0.3) is 0 Å². The lowest BCUT2D eigenvalue weighted by Gasteiger charge is -2.06. The van der Waals surface area contributed by atoms with Crippen LogP contribution in [0.5, 0.6) is 0 Å².